The van der Waals surface area contributed by atoms with Crippen LogP contribution in [0.4, 0.5) is 0 Å². The summed E-state index contributed by atoms with van der Waals surface area (Å²) in [5.74, 6) is 0. The van der Waals surface area contributed by atoms with Crippen LogP contribution in [0.15, 0.2) is 0 Å². The lowest BCUT2D eigenvalue weighted by molar-refractivity contribution is 0.367. The molecule has 0 aromatic heterocycles. The highest BCUT2D eigenvalue weighted by Crippen LogP contribution is 2.20. The van der Waals surface area contributed by atoms with Gasteiger partial charge in [-0.3, -0.25) is 5.32 Å². The van der Waals surface area contributed by atoms with Crippen LogP contribution >= 0.6 is 27.5 Å². The van der Waals surface area contributed by atoms with E-state index in [0.717, 1.165) is 0 Å². The number of hydrogen-bond donors (Lipinski definition) is 2. The fraction of sp³-hybridized carbons (Fsp3) is 1.00. The van der Waals surface area contributed by atoms with Gasteiger partial charge < -0.3 is 5.73 Å². The molecule has 4 heteroatoms. The van der Waals surface area contributed by atoms with Gasteiger partial charge in [-0.2, -0.15) is 0 Å². The van der Waals surface area contributed by atoms with Gasteiger partial charge in [-0.15, -0.1) is 11.6 Å². The summed E-state index contributed by atoms with van der Waals surface area (Å²) < 4.78 is 0. The highest BCUT2D eigenvalue weighted by atomic mass is 79.9. The molecule has 0 amide bonds. The minimum atomic E-state index is 0.0231. The van der Waals surface area contributed by atoms with Crippen LogP contribution in [0.1, 0.15) is 0 Å². The second-order valence-electron chi connectivity index (χ2n) is 1.54. The summed E-state index contributed by atoms with van der Waals surface area (Å²) in [6.07, 6.45) is 0.0440. The Bertz CT molecular complexity index is 71.3. The zero-order chi connectivity index (χ0) is 5.44. The molecule has 1 fully saturated rings. The van der Waals surface area contributed by atoms with E-state index < -0.39 is 0 Å². The van der Waals surface area contributed by atoms with Crippen molar-refractivity contribution in [1.82, 2.24) is 5.32 Å². The summed E-state index contributed by atoms with van der Waals surface area (Å²) in [6, 6.07) is 0. The Kier molecular flexibility index (Phi) is 1.58. The van der Waals surface area contributed by atoms with Crippen molar-refractivity contribution in [3.63, 3.8) is 0 Å². The maximum absolute atomic E-state index is 5.56. The third kappa shape index (κ3) is 0.914. The first-order valence-electron chi connectivity index (χ1n) is 2.01. The first kappa shape index (κ1) is 5.82. The third-order valence-electron chi connectivity index (χ3n) is 0.974. The summed E-state index contributed by atoms with van der Waals surface area (Å²) >= 11 is 8.83. The van der Waals surface area contributed by atoms with Gasteiger partial charge in [0.25, 0.3) is 0 Å². The van der Waals surface area contributed by atoms with Gasteiger partial charge >= 0.3 is 0 Å². The molecule has 0 bridgehead atoms. The van der Waals surface area contributed by atoms with Crippen molar-refractivity contribution >= 4 is 27.5 Å². The van der Waals surface area contributed by atoms with E-state index in [9.17, 15) is 0 Å². The van der Waals surface area contributed by atoms with Crippen molar-refractivity contribution in [2.75, 3.05) is 0 Å². The van der Waals surface area contributed by atoms with E-state index in [1.54, 1.807) is 0 Å². The van der Waals surface area contributed by atoms with Gasteiger partial charge in [0.1, 0.15) is 0 Å². The van der Waals surface area contributed by atoms with Gasteiger partial charge in [-0.05, 0) is 0 Å². The average Bonchev–Trinajstić information content (AvgIpc) is 1.68. The van der Waals surface area contributed by atoms with Crippen LogP contribution in [0.5, 0.6) is 0 Å². The van der Waals surface area contributed by atoms with E-state index in [4.69, 9.17) is 17.3 Å². The monoisotopic (exact) mass is 184 g/mol. The quantitative estimate of drug-likeness (QED) is 0.418. The van der Waals surface area contributed by atoms with Gasteiger partial charge in [-0.25, -0.2) is 0 Å². The molecule has 2 unspecified atom stereocenters. The maximum atomic E-state index is 5.56. The molecule has 1 aliphatic heterocycles. The van der Waals surface area contributed by atoms with Gasteiger partial charge in [0, 0.05) is 0 Å². The minimum absolute atomic E-state index is 0.0231. The van der Waals surface area contributed by atoms with Crippen molar-refractivity contribution in [2.45, 2.75) is 16.5 Å². The molecule has 1 heterocycles. The summed E-state index contributed by atoms with van der Waals surface area (Å²) in [6.45, 7) is 0. The second kappa shape index (κ2) is 1.90. The van der Waals surface area contributed by atoms with Gasteiger partial charge in [0.05, 0.1) is 16.5 Å². The number of nitrogens with one attached hydrogen (secondary N) is 1. The Balaban J connectivity index is 2.29. The Morgan fingerprint density at radius 2 is 2.29 bits per heavy atom. The Morgan fingerprint density at radius 1 is 1.71 bits per heavy atom. The van der Waals surface area contributed by atoms with E-state index in [1.807, 2.05) is 0 Å². The van der Waals surface area contributed by atoms with Crippen LogP contribution in [0, 0.1) is 0 Å². The SMILES string of the molecule is NC1NC(Cl)[C@@H]1Br. The lowest BCUT2D eigenvalue weighted by Gasteiger charge is -2.35. The van der Waals surface area contributed by atoms with E-state index in [-0.39, 0.29) is 16.5 Å². The van der Waals surface area contributed by atoms with Gasteiger partial charge in [-0.1, -0.05) is 15.9 Å². The molecule has 1 aliphatic rings. The minimum Gasteiger partial charge on any atom is -0.315 e. The topological polar surface area (TPSA) is 38.0 Å². The normalized spacial score (nSPS) is 51.0. The molecular formula is C3H6BrClN2. The zero-order valence-corrected chi connectivity index (χ0v) is 5.91. The predicted molar refractivity (Wildman–Crippen MR) is 33.5 cm³/mol. The number of alkyl halides is 2. The first-order valence-corrected chi connectivity index (χ1v) is 3.37. The van der Waals surface area contributed by atoms with Crippen LogP contribution in [0.25, 0.3) is 0 Å². The number of nitrogens with two attached hydrogens (primary N) is 1. The molecule has 1 saturated heterocycles. The third-order valence-corrected chi connectivity index (χ3v) is 2.77. The van der Waals surface area contributed by atoms with Crippen molar-refractivity contribution in [3.8, 4) is 0 Å². The number of hydrogen-bond acceptors (Lipinski definition) is 2. The molecule has 0 spiro atoms. The lowest BCUT2D eigenvalue weighted by Crippen LogP contribution is -2.64. The Hall–Kier alpha value is 0.690. The van der Waals surface area contributed by atoms with E-state index in [2.05, 4.69) is 21.2 Å². The number of halogens is 2. The van der Waals surface area contributed by atoms with Crippen LogP contribution in [0.2, 0.25) is 0 Å². The largest absolute Gasteiger partial charge is 0.315 e. The second-order valence-corrected chi connectivity index (χ2v) is 3.07. The molecule has 3 atom stereocenters. The summed E-state index contributed by atoms with van der Waals surface area (Å²) in [4.78, 5) is 0.245. The van der Waals surface area contributed by atoms with Crippen molar-refractivity contribution in [2.24, 2.45) is 5.73 Å². The molecule has 2 nitrogen and oxygen atoms in total. The Labute approximate surface area is 55.5 Å². The number of rotatable bonds is 0. The predicted octanol–water partition coefficient (Wildman–Crippen LogP) is 0.203. The van der Waals surface area contributed by atoms with E-state index >= 15 is 0 Å². The van der Waals surface area contributed by atoms with Gasteiger partial charge in [0.15, 0.2) is 0 Å². The Morgan fingerprint density at radius 3 is 2.29 bits per heavy atom. The van der Waals surface area contributed by atoms with E-state index in [1.165, 1.54) is 0 Å². The smallest absolute Gasteiger partial charge is 0.0992 e. The fourth-order valence-electron chi connectivity index (χ4n) is 0.431. The zero-order valence-electron chi connectivity index (χ0n) is 3.57. The van der Waals surface area contributed by atoms with Crippen molar-refractivity contribution in [3.05, 3.63) is 0 Å². The summed E-state index contributed by atoms with van der Waals surface area (Å²) in [5.41, 5.74) is 5.39. The molecular weight excluding hydrogens is 179 g/mol. The van der Waals surface area contributed by atoms with Gasteiger partial charge in [0.2, 0.25) is 0 Å². The molecule has 7 heavy (non-hydrogen) atoms. The van der Waals surface area contributed by atoms with Crippen LogP contribution in [-0.2, 0) is 0 Å². The van der Waals surface area contributed by atoms with Crippen LogP contribution in [0.3, 0.4) is 0 Å². The lowest BCUT2D eigenvalue weighted by atomic mass is 10.2. The highest BCUT2D eigenvalue weighted by Gasteiger charge is 2.33. The standard InChI is InChI=1S/C3H6BrClN2/c4-1-2(5)7-3(1)6/h1-3,7H,6H2/t1-,2?,3?/m0/s1. The molecule has 0 saturated carbocycles. The molecule has 0 aromatic carbocycles. The molecule has 0 radical (unpaired) electrons. The first-order chi connectivity index (χ1) is 3.22. The molecule has 42 valence electrons. The van der Waals surface area contributed by atoms with Crippen LogP contribution in [-0.4, -0.2) is 16.5 Å². The summed E-state index contributed by atoms with van der Waals surface area (Å²) in [5, 5.41) is 2.85. The molecule has 0 aliphatic carbocycles. The molecule has 3 N–H and O–H groups in total. The van der Waals surface area contributed by atoms with Crippen molar-refractivity contribution < 1.29 is 0 Å². The van der Waals surface area contributed by atoms with Crippen LogP contribution < -0.4 is 11.1 Å². The highest BCUT2D eigenvalue weighted by molar-refractivity contribution is 9.09. The average molecular weight is 185 g/mol. The summed E-state index contributed by atoms with van der Waals surface area (Å²) in [7, 11) is 0. The molecule has 0 aromatic rings. The van der Waals surface area contributed by atoms with E-state index in [0.29, 0.717) is 0 Å². The maximum Gasteiger partial charge on any atom is 0.0992 e. The fourth-order valence-corrected chi connectivity index (χ4v) is 1.04. The molecule has 1 rings (SSSR count). The van der Waals surface area contributed by atoms with Crippen molar-refractivity contribution in [1.29, 1.82) is 0 Å².